The molecule has 2 unspecified atom stereocenters. The van der Waals surface area contributed by atoms with Crippen LogP contribution in [0.1, 0.15) is 49.7 Å². The van der Waals surface area contributed by atoms with Crippen molar-refractivity contribution in [3.8, 4) is 0 Å². The largest absolute Gasteiger partial charge is 0.481 e. The number of nitrogens with zero attached hydrogens (tertiary/aromatic N) is 5. The number of benzene rings is 1. The number of aliphatic carboxylic acids is 1. The topological polar surface area (TPSA) is 128 Å². The van der Waals surface area contributed by atoms with Crippen molar-refractivity contribution in [1.29, 1.82) is 0 Å². The summed E-state index contributed by atoms with van der Waals surface area (Å²) in [6.07, 6.45) is 3.16. The van der Waals surface area contributed by atoms with Crippen LogP contribution in [0.2, 0.25) is 5.02 Å². The number of halogens is 2. The zero-order valence-electron chi connectivity index (χ0n) is 24.7. The Morgan fingerprint density at radius 2 is 1.98 bits per heavy atom. The van der Waals surface area contributed by atoms with Crippen molar-refractivity contribution in [3.63, 3.8) is 0 Å². The SMILES string of the molecule is CCOC(=O)C1=C(CN2CCN(C(=O)N3CCC(CC(=O)O)CC3)C(C)C2)NC(c2nccs2)=NC1c1cccc(F)c1Cl. The molecule has 1 aromatic heterocycles. The van der Waals surface area contributed by atoms with Gasteiger partial charge in [0.25, 0.3) is 0 Å². The number of aromatic nitrogens is 1. The number of urea groups is 1. The fourth-order valence-electron chi connectivity index (χ4n) is 6.02. The number of piperazine rings is 1. The molecule has 14 heteroatoms. The molecule has 236 valence electrons. The average molecular weight is 647 g/mol. The number of carboxylic acids is 1. The number of carbonyl (C=O) groups is 3. The van der Waals surface area contributed by atoms with Crippen LogP contribution in [0, 0.1) is 11.7 Å². The Morgan fingerprint density at radius 1 is 1.20 bits per heavy atom. The summed E-state index contributed by atoms with van der Waals surface area (Å²) < 4.78 is 20.0. The van der Waals surface area contributed by atoms with E-state index in [0.29, 0.717) is 74.2 Å². The number of carbonyl (C=O) groups excluding carboxylic acids is 2. The van der Waals surface area contributed by atoms with Crippen molar-refractivity contribution in [1.82, 2.24) is 25.0 Å². The van der Waals surface area contributed by atoms with Crippen LogP contribution in [0.15, 0.2) is 46.0 Å². The first-order valence-electron chi connectivity index (χ1n) is 14.7. The predicted molar refractivity (Wildman–Crippen MR) is 164 cm³/mol. The summed E-state index contributed by atoms with van der Waals surface area (Å²) in [7, 11) is 0. The fourth-order valence-corrected chi connectivity index (χ4v) is 6.83. The van der Waals surface area contributed by atoms with Gasteiger partial charge in [-0.05, 0) is 38.7 Å². The standard InChI is InChI=1S/C30H36ClFN6O5S/c1-3-43-29(41)24-22(34-27(28-33-9-14-44-28)35-26(24)20-5-4-6-21(32)25(20)31)17-36-12-13-38(18(2)16-36)30(42)37-10-7-19(8-11-37)15-23(39)40/h4-6,9,14,18-19,26H,3,7-8,10-13,15-17H2,1-2H3,(H,34,35)(H,39,40). The first-order chi connectivity index (χ1) is 21.2. The predicted octanol–water partition coefficient (Wildman–Crippen LogP) is 4.16. The van der Waals surface area contributed by atoms with Crippen LogP contribution in [-0.2, 0) is 14.3 Å². The van der Waals surface area contributed by atoms with E-state index in [1.54, 1.807) is 19.2 Å². The van der Waals surface area contributed by atoms with E-state index >= 15 is 0 Å². The highest BCUT2D eigenvalue weighted by atomic mass is 35.5. The van der Waals surface area contributed by atoms with Crippen molar-refractivity contribution in [2.45, 2.75) is 45.2 Å². The highest BCUT2D eigenvalue weighted by molar-refractivity contribution is 7.11. The number of aliphatic imine (C=N–C) groups is 1. The molecule has 2 N–H and O–H groups in total. The van der Waals surface area contributed by atoms with Gasteiger partial charge in [0.1, 0.15) is 11.9 Å². The Kier molecular flexibility index (Phi) is 10.2. The van der Waals surface area contributed by atoms with Gasteiger partial charge in [-0.2, -0.15) is 0 Å². The minimum Gasteiger partial charge on any atom is -0.481 e. The summed E-state index contributed by atoms with van der Waals surface area (Å²) >= 11 is 7.79. The zero-order valence-corrected chi connectivity index (χ0v) is 26.2. The monoisotopic (exact) mass is 646 g/mol. The van der Waals surface area contributed by atoms with Crippen LogP contribution < -0.4 is 5.32 Å². The molecule has 11 nitrogen and oxygen atoms in total. The Hall–Kier alpha value is -3.55. The van der Waals surface area contributed by atoms with E-state index in [-0.39, 0.29) is 41.6 Å². The van der Waals surface area contributed by atoms with Crippen molar-refractivity contribution >= 4 is 46.7 Å². The maximum Gasteiger partial charge on any atom is 0.338 e. The maximum atomic E-state index is 14.6. The maximum absolute atomic E-state index is 14.6. The van der Waals surface area contributed by atoms with E-state index < -0.39 is 23.8 Å². The first-order valence-corrected chi connectivity index (χ1v) is 16.0. The first kappa shape index (κ1) is 31.9. The van der Waals surface area contributed by atoms with Crippen molar-refractivity contribution in [2.75, 3.05) is 45.9 Å². The third-order valence-corrected chi connectivity index (χ3v) is 9.40. The number of hydrogen-bond donors (Lipinski definition) is 2. The summed E-state index contributed by atoms with van der Waals surface area (Å²) in [4.78, 5) is 52.9. The van der Waals surface area contributed by atoms with Gasteiger partial charge in [0.05, 0.1) is 17.2 Å². The lowest BCUT2D eigenvalue weighted by atomic mass is 9.94. The lowest BCUT2D eigenvalue weighted by Gasteiger charge is -2.43. The van der Waals surface area contributed by atoms with E-state index in [1.807, 2.05) is 22.1 Å². The second-order valence-electron chi connectivity index (χ2n) is 11.2. The third-order valence-electron chi connectivity index (χ3n) is 8.22. The molecule has 2 aromatic rings. The van der Waals surface area contributed by atoms with E-state index in [9.17, 15) is 18.8 Å². The molecule has 44 heavy (non-hydrogen) atoms. The molecule has 4 heterocycles. The zero-order chi connectivity index (χ0) is 31.4. The average Bonchev–Trinajstić information content (AvgIpc) is 3.54. The van der Waals surface area contributed by atoms with E-state index in [0.717, 1.165) is 0 Å². The number of rotatable bonds is 8. The van der Waals surface area contributed by atoms with E-state index in [4.69, 9.17) is 26.4 Å². The van der Waals surface area contributed by atoms with E-state index in [2.05, 4.69) is 15.2 Å². The molecular formula is C30H36ClFN6O5S. The smallest absolute Gasteiger partial charge is 0.338 e. The molecule has 3 aliphatic rings. The van der Waals surface area contributed by atoms with Crippen molar-refractivity contribution in [3.05, 3.63) is 62.5 Å². The Morgan fingerprint density at radius 3 is 2.64 bits per heavy atom. The molecular weight excluding hydrogens is 611 g/mol. The normalized spacial score (nSPS) is 21.6. The molecule has 1 aromatic carbocycles. The van der Waals surface area contributed by atoms with Crippen LogP contribution in [0.5, 0.6) is 0 Å². The lowest BCUT2D eigenvalue weighted by molar-refractivity contribution is -0.139. The van der Waals surface area contributed by atoms with Gasteiger partial charge in [0.2, 0.25) is 0 Å². The molecule has 2 amide bonds. The summed E-state index contributed by atoms with van der Waals surface area (Å²) in [5, 5.41) is 14.7. The summed E-state index contributed by atoms with van der Waals surface area (Å²) in [5.74, 6) is -1.45. The quantitative estimate of drug-likeness (QED) is 0.410. The van der Waals surface area contributed by atoms with Crippen molar-refractivity contribution in [2.24, 2.45) is 10.9 Å². The Bertz CT molecular complexity index is 1450. The minimum absolute atomic E-state index is 0.0351. The van der Waals surface area contributed by atoms with Gasteiger partial charge >= 0.3 is 18.0 Å². The minimum atomic E-state index is -0.920. The number of nitrogens with one attached hydrogen (secondary N) is 1. The molecule has 2 fully saturated rings. The second-order valence-corrected chi connectivity index (χ2v) is 12.5. The number of thiazole rings is 1. The van der Waals surface area contributed by atoms with Crippen molar-refractivity contribution < 1.29 is 28.6 Å². The summed E-state index contributed by atoms with van der Waals surface area (Å²) in [5.41, 5.74) is 1.15. The highest BCUT2D eigenvalue weighted by Crippen LogP contribution is 2.37. The molecule has 5 rings (SSSR count). The van der Waals surface area contributed by atoms with Gasteiger partial charge in [-0.1, -0.05) is 23.7 Å². The number of ether oxygens (including phenoxy) is 1. The lowest BCUT2D eigenvalue weighted by Crippen LogP contribution is -2.58. The van der Waals surface area contributed by atoms with Gasteiger partial charge in [-0.3, -0.25) is 14.7 Å². The second kappa shape index (κ2) is 14.0. The fraction of sp³-hybridized carbons (Fsp3) is 0.500. The Balaban J connectivity index is 1.36. The van der Waals surface area contributed by atoms with Crippen LogP contribution in [0.4, 0.5) is 9.18 Å². The molecule has 0 bridgehead atoms. The molecule has 0 spiro atoms. The summed E-state index contributed by atoms with van der Waals surface area (Å²) in [6.45, 7) is 6.88. The van der Waals surface area contributed by atoms with Crippen LogP contribution in [0.25, 0.3) is 0 Å². The van der Waals surface area contributed by atoms with Gasteiger partial charge in [0.15, 0.2) is 10.8 Å². The van der Waals surface area contributed by atoms with Crippen LogP contribution in [-0.4, -0.2) is 101 Å². The van der Waals surface area contributed by atoms with Crippen LogP contribution >= 0.6 is 22.9 Å². The molecule has 2 saturated heterocycles. The van der Waals surface area contributed by atoms with Gasteiger partial charge in [-0.25, -0.2) is 19.0 Å². The number of amidine groups is 1. The number of piperidine rings is 1. The third kappa shape index (κ3) is 7.05. The molecule has 0 saturated carbocycles. The number of carboxylic acid groups (broad SMARTS) is 1. The number of hydrogen-bond acceptors (Lipinski definition) is 9. The molecule has 2 atom stereocenters. The van der Waals surface area contributed by atoms with Crippen LogP contribution in [0.3, 0.4) is 0 Å². The molecule has 3 aliphatic heterocycles. The highest BCUT2D eigenvalue weighted by Gasteiger charge is 2.37. The number of amides is 2. The molecule has 0 aliphatic carbocycles. The van der Waals surface area contributed by atoms with Gasteiger partial charge in [0, 0.05) is 74.6 Å². The summed E-state index contributed by atoms with van der Waals surface area (Å²) in [6, 6.07) is 3.38. The molecule has 0 radical (unpaired) electrons. The van der Waals surface area contributed by atoms with E-state index in [1.165, 1.54) is 23.5 Å². The van der Waals surface area contributed by atoms with Gasteiger partial charge in [-0.15, -0.1) is 11.3 Å². The van der Waals surface area contributed by atoms with Gasteiger partial charge < -0.3 is 25.0 Å². The number of esters is 1. The Labute approximate surface area is 264 Å². The number of likely N-dealkylation sites (tertiary alicyclic amines) is 1.